The fraction of sp³-hybridized carbons (Fsp3) is 0.304. The van der Waals surface area contributed by atoms with Crippen molar-refractivity contribution in [3.8, 4) is 5.69 Å². The lowest BCUT2D eigenvalue weighted by atomic mass is 10.1. The predicted molar refractivity (Wildman–Crippen MR) is 119 cm³/mol. The molecular weight excluding hydrogens is 396 g/mol. The van der Waals surface area contributed by atoms with Gasteiger partial charge in [-0.2, -0.15) is 4.98 Å². The van der Waals surface area contributed by atoms with Gasteiger partial charge in [0.15, 0.2) is 11.0 Å². The highest BCUT2D eigenvalue weighted by atomic mass is 32.2. The van der Waals surface area contributed by atoms with Gasteiger partial charge in [0.2, 0.25) is 5.89 Å². The molecule has 0 saturated heterocycles. The Kier molecular flexibility index (Phi) is 5.72. The zero-order valence-electron chi connectivity index (χ0n) is 17.5. The molecule has 0 aliphatic rings. The molecule has 6 nitrogen and oxygen atoms in total. The highest BCUT2D eigenvalue weighted by Gasteiger charge is 2.18. The molecule has 4 rings (SSSR count). The zero-order valence-corrected chi connectivity index (χ0v) is 18.4. The first-order valence-corrected chi connectivity index (χ1v) is 10.9. The third kappa shape index (κ3) is 4.03. The van der Waals surface area contributed by atoms with Crippen molar-refractivity contribution in [2.45, 2.75) is 45.0 Å². The number of hydrogen-bond acceptors (Lipinski definition) is 6. The molecule has 0 N–H and O–H groups in total. The van der Waals surface area contributed by atoms with E-state index < -0.39 is 0 Å². The van der Waals surface area contributed by atoms with Gasteiger partial charge in [-0.25, -0.2) is 4.98 Å². The van der Waals surface area contributed by atoms with Gasteiger partial charge in [-0.05, 0) is 43.0 Å². The first-order valence-electron chi connectivity index (χ1n) is 9.96. The van der Waals surface area contributed by atoms with E-state index in [2.05, 4.69) is 24.0 Å². The van der Waals surface area contributed by atoms with Crippen molar-refractivity contribution in [2.75, 3.05) is 0 Å². The molecule has 0 radical (unpaired) electrons. The Morgan fingerprint density at radius 2 is 1.77 bits per heavy atom. The van der Waals surface area contributed by atoms with E-state index in [1.165, 1.54) is 11.8 Å². The Morgan fingerprint density at radius 1 is 1.03 bits per heavy atom. The van der Waals surface area contributed by atoms with E-state index in [0.717, 1.165) is 23.2 Å². The SMILES string of the molecule is Cc1cccc(C)c1-n1c(SCc2nc(CC(C)C)no2)nc2ccccc2c1=O. The molecular formula is C23H24N4O2S. The van der Waals surface area contributed by atoms with E-state index in [1.807, 2.05) is 56.3 Å². The molecule has 2 aromatic carbocycles. The number of aromatic nitrogens is 4. The minimum absolute atomic E-state index is 0.0773. The second kappa shape index (κ2) is 8.44. The van der Waals surface area contributed by atoms with Gasteiger partial charge in [0.25, 0.3) is 5.56 Å². The van der Waals surface area contributed by atoms with Crippen molar-refractivity contribution in [1.29, 1.82) is 0 Å². The summed E-state index contributed by atoms with van der Waals surface area (Å²) >= 11 is 1.43. The van der Waals surface area contributed by atoms with E-state index in [0.29, 0.717) is 39.4 Å². The lowest BCUT2D eigenvalue weighted by molar-refractivity contribution is 0.382. The van der Waals surface area contributed by atoms with Crippen LogP contribution >= 0.6 is 11.8 Å². The molecule has 154 valence electrons. The van der Waals surface area contributed by atoms with Crippen molar-refractivity contribution < 1.29 is 4.52 Å². The van der Waals surface area contributed by atoms with Crippen LogP contribution in [0.1, 0.15) is 36.7 Å². The largest absolute Gasteiger partial charge is 0.338 e. The topological polar surface area (TPSA) is 73.8 Å². The van der Waals surface area contributed by atoms with Crippen molar-refractivity contribution in [3.63, 3.8) is 0 Å². The molecule has 0 aliphatic carbocycles. The van der Waals surface area contributed by atoms with Crippen molar-refractivity contribution in [2.24, 2.45) is 5.92 Å². The average Bonchev–Trinajstić information content (AvgIpc) is 3.14. The third-order valence-electron chi connectivity index (χ3n) is 4.83. The number of aryl methyl sites for hydroxylation is 2. The average molecular weight is 421 g/mol. The molecule has 0 atom stereocenters. The Hall–Kier alpha value is -2.93. The van der Waals surface area contributed by atoms with Gasteiger partial charge in [-0.15, -0.1) is 0 Å². The molecule has 30 heavy (non-hydrogen) atoms. The van der Waals surface area contributed by atoms with Crippen LogP contribution in [-0.2, 0) is 12.2 Å². The molecule has 0 spiro atoms. The summed E-state index contributed by atoms with van der Waals surface area (Å²) < 4.78 is 7.11. The minimum Gasteiger partial charge on any atom is -0.338 e. The van der Waals surface area contributed by atoms with Crippen molar-refractivity contribution in [3.05, 3.63) is 75.7 Å². The summed E-state index contributed by atoms with van der Waals surface area (Å²) in [5.41, 5.74) is 3.51. The summed E-state index contributed by atoms with van der Waals surface area (Å²) in [7, 11) is 0. The fourth-order valence-electron chi connectivity index (χ4n) is 3.49. The Labute approximate surface area is 179 Å². The number of hydrogen-bond donors (Lipinski definition) is 0. The minimum atomic E-state index is -0.0773. The third-order valence-corrected chi connectivity index (χ3v) is 5.76. The molecule has 4 aromatic rings. The van der Waals surface area contributed by atoms with Crippen molar-refractivity contribution in [1.82, 2.24) is 19.7 Å². The van der Waals surface area contributed by atoms with Gasteiger partial charge >= 0.3 is 0 Å². The molecule has 0 fully saturated rings. The lowest BCUT2D eigenvalue weighted by Gasteiger charge is -2.16. The quantitative estimate of drug-likeness (QED) is 0.327. The van der Waals surface area contributed by atoms with Gasteiger partial charge in [-0.1, -0.05) is 61.1 Å². The normalized spacial score (nSPS) is 11.5. The Morgan fingerprint density at radius 3 is 2.50 bits per heavy atom. The van der Waals surface area contributed by atoms with Crippen LogP contribution in [0.4, 0.5) is 0 Å². The monoisotopic (exact) mass is 420 g/mol. The molecule has 0 bridgehead atoms. The molecule has 0 aliphatic heterocycles. The van der Waals surface area contributed by atoms with Crippen LogP contribution in [0.15, 0.2) is 56.9 Å². The van der Waals surface area contributed by atoms with Crippen molar-refractivity contribution >= 4 is 22.7 Å². The number of nitrogens with zero attached hydrogens (tertiary/aromatic N) is 4. The zero-order chi connectivity index (χ0) is 21.3. The Balaban J connectivity index is 1.78. The van der Waals surface area contributed by atoms with Crippen LogP contribution in [-0.4, -0.2) is 19.7 Å². The smallest absolute Gasteiger partial charge is 0.266 e. The molecule has 0 saturated carbocycles. The summed E-state index contributed by atoms with van der Waals surface area (Å²) in [5.74, 6) is 2.14. The molecule has 7 heteroatoms. The summed E-state index contributed by atoms with van der Waals surface area (Å²) in [6.45, 7) is 8.25. The number of para-hydroxylation sites is 2. The second-order valence-corrected chi connectivity index (χ2v) is 8.73. The lowest BCUT2D eigenvalue weighted by Crippen LogP contribution is -2.23. The van der Waals surface area contributed by atoms with Gasteiger partial charge in [-0.3, -0.25) is 9.36 Å². The number of thioether (sulfide) groups is 1. The highest BCUT2D eigenvalue weighted by Crippen LogP contribution is 2.27. The van der Waals surface area contributed by atoms with E-state index >= 15 is 0 Å². The molecule has 2 heterocycles. The predicted octanol–water partition coefficient (Wildman–Crippen LogP) is 4.88. The highest BCUT2D eigenvalue weighted by molar-refractivity contribution is 7.98. The summed E-state index contributed by atoms with van der Waals surface area (Å²) in [6, 6.07) is 13.5. The Bertz CT molecular complexity index is 1240. The molecule has 0 unspecified atom stereocenters. The first kappa shape index (κ1) is 20.3. The van der Waals surface area contributed by atoms with Crippen LogP contribution in [0.2, 0.25) is 0 Å². The summed E-state index contributed by atoms with van der Waals surface area (Å²) in [5, 5.41) is 5.27. The number of fused-ring (bicyclic) bond motifs is 1. The summed E-state index contributed by atoms with van der Waals surface area (Å²) in [6.07, 6.45) is 0.773. The standard InChI is InChI=1S/C23H24N4O2S/c1-14(2)12-19-25-20(29-26-19)13-30-23-24-18-11-6-5-10-17(18)22(28)27(23)21-15(3)8-7-9-16(21)4/h5-11,14H,12-13H2,1-4H3. The van der Waals surface area contributed by atoms with Crippen LogP contribution < -0.4 is 5.56 Å². The maximum atomic E-state index is 13.4. The molecule has 2 aromatic heterocycles. The second-order valence-electron chi connectivity index (χ2n) is 7.78. The summed E-state index contributed by atoms with van der Waals surface area (Å²) in [4.78, 5) is 22.7. The van der Waals surface area contributed by atoms with E-state index in [-0.39, 0.29) is 5.56 Å². The number of benzene rings is 2. The van der Waals surface area contributed by atoms with E-state index in [9.17, 15) is 4.79 Å². The van der Waals surface area contributed by atoms with Gasteiger partial charge in [0, 0.05) is 6.42 Å². The van der Waals surface area contributed by atoms with E-state index in [4.69, 9.17) is 9.51 Å². The fourth-order valence-corrected chi connectivity index (χ4v) is 4.32. The van der Waals surface area contributed by atoms with E-state index in [1.54, 1.807) is 4.57 Å². The number of rotatable bonds is 6. The maximum absolute atomic E-state index is 13.4. The van der Waals surface area contributed by atoms with Crippen LogP contribution in [0.3, 0.4) is 0 Å². The maximum Gasteiger partial charge on any atom is 0.266 e. The van der Waals surface area contributed by atoms with Gasteiger partial charge in [0.05, 0.1) is 22.3 Å². The van der Waals surface area contributed by atoms with Crippen LogP contribution in [0, 0.1) is 19.8 Å². The first-order chi connectivity index (χ1) is 14.4. The van der Waals surface area contributed by atoms with Crippen LogP contribution in [0.5, 0.6) is 0 Å². The van der Waals surface area contributed by atoms with Gasteiger partial charge < -0.3 is 4.52 Å². The van der Waals surface area contributed by atoms with Gasteiger partial charge in [0.1, 0.15) is 0 Å². The molecule has 0 amide bonds. The van der Waals surface area contributed by atoms with Crippen LogP contribution in [0.25, 0.3) is 16.6 Å².